The molecule has 0 bridgehead atoms. The summed E-state index contributed by atoms with van der Waals surface area (Å²) in [6.07, 6.45) is 9.12. The normalized spacial score (nSPS) is 16.4. The molecular weight excluding hydrogens is 403 g/mol. The maximum Gasteiger partial charge on any atom is 0.330 e. The zero-order valence-electron chi connectivity index (χ0n) is 20.6. The van der Waals surface area contributed by atoms with Crippen molar-refractivity contribution in [3.05, 3.63) is 64.5 Å². The van der Waals surface area contributed by atoms with E-state index in [0.29, 0.717) is 30.8 Å². The third kappa shape index (κ3) is 5.99. The number of carbonyl (C=O) groups is 1. The van der Waals surface area contributed by atoms with Crippen LogP contribution in [0.5, 0.6) is 5.75 Å². The molecule has 4 heteroatoms. The van der Waals surface area contributed by atoms with Crippen molar-refractivity contribution in [2.45, 2.75) is 73.1 Å². The van der Waals surface area contributed by atoms with Crippen LogP contribution in [0.1, 0.15) is 84.4 Å². The molecule has 0 unspecified atom stereocenters. The highest BCUT2D eigenvalue weighted by Gasteiger charge is 2.30. The summed E-state index contributed by atoms with van der Waals surface area (Å²) in [5, 5.41) is 0. The average molecular weight is 441 g/mol. The second-order valence-corrected chi connectivity index (χ2v) is 8.65. The van der Waals surface area contributed by atoms with E-state index in [1.807, 2.05) is 13.8 Å². The van der Waals surface area contributed by atoms with Crippen molar-refractivity contribution >= 4 is 17.1 Å². The molecule has 0 amide bonds. The number of esters is 1. The molecule has 1 aliphatic rings. The molecule has 1 aliphatic carbocycles. The largest absolute Gasteiger partial charge is 0.493 e. The number of carbonyl (C=O) groups excluding carboxylic acids is 1. The van der Waals surface area contributed by atoms with Gasteiger partial charge in [0.25, 0.3) is 0 Å². The summed E-state index contributed by atoms with van der Waals surface area (Å²) < 4.78 is 26.3. The lowest BCUT2D eigenvalue weighted by Gasteiger charge is -2.33. The van der Waals surface area contributed by atoms with E-state index in [4.69, 9.17) is 9.47 Å². The van der Waals surface area contributed by atoms with Gasteiger partial charge in [-0.15, -0.1) is 0 Å². The summed E-state index contributed by atoms with van der Waals surface area (Å²) in [5.41, 5.74) is 5.74. The first-order valence-electron chi connectivity index (χ1n) is 11.6. The van der Waals surface area contributed by atoms with E-state index in [9.17, 15) is 4.79 Å². The fourth-order valence-electron chi connectivity index (χ4n) is 4.06. The molecule has 1 aromatic rings. The van der Waals surface area contributed by atoms with Gasteiger partial charge in [-0.1, -0.05) is 39.8 Å². The SMILES string of the molecule is CCOC(=O)/C=C(C)/C=C/C(F)=C(/CC)c1cc2c(cc1OCC)C(C)(C)CC=C2CC. The van der Waals surface area contributed by atoms with Crippen LogP contribution in [0.15, 0.2) is 47.8 Å². The summed E-state index contributed by atoms with van der Waals surface area (Å²) >= 11 is 0. The number of fused-ring (bicyclic) bond motifs is 1. The van der Waals surface area contributed by atoms with Gasteiger partial charge in [-0.3, -0.25) is 0 Å². The second kappa shape index (κ2) is 11.3. The van der Waals surface area contributed by atoms with Crippen molar-refractivity contribution in [2.24, 2.45) is 0 Å². The molecular formula is C28H37FO3. The zero-order valence-corrected chi connectivity index (χ0v) is 20.6. The first-order valence-corrected chi connectivity index (χ1v) is 11.6. The van der Waals surface area contributed by atoms with Crippen LogP contribution in [0.2, 0.25) is 0 Å². The number of ether oxygens (including phenoxy) is 2. The Morgan fingerprint density at radius 1 is 1.12 bits per heavy atom. The Morgan fingerprint density at radius 2 is 1.84 bits per heavy atom. The molecule has 0 heterocycles. The Bertz CT molecular complexity index is 961. The van der Waals surface area contributed by atoms with Crippen LogP contribution >= 0.6 is 0 Å². The summed E-state index contributed by atoms with van der Waals surface area (Å²) in [7, 11) is 0. The molecule has 0 spiro atoms. The smallest absolute Gasteiger partial charge is 0.330 e. The highest BCUT2D eigenvalue weighted by Crippen LogP contribution is 2.45. The van der Waals surface area contributed by atoms with Crippen LogP contribution in [-0.2, 0) is 14.9 Å². The Balaban J connectivity index is 2.58. The summed E-state index contributed by atoms with van der Waals surface area (Å²) in [6, 6.07) is 4.21. The van der Waals surface area contributed by atoms with E-state index in [1.54, 1.807) is 19.9 Å². The number of hydrogen-bond acceptors (Lipinski definition) is 3. The van der Waals surface area contributed by atoms with Gasteiger partial charge in [0.05, 0.1) is 13.2 Å². The van der Waals surface area contributed by atoms with Crippen LogP contribution in [0, 0.1) is 0 Å². The number of hydrogen-bond donors (Lipinski definition) is 0. The molecule has 0 saturated heterocycles. The minimum atomic E-state index is -0.426. The van der Waals surface area contributed by atoms with Gasteiger partial charge < -0.3 is 9.47 Å². The Hall–Kier alpha value is -2.62. The predicted octanol–water partition coefficient (Wildman–Crippen LogP) is 7.72. The maximum atomic E-state index is 15.4. The molecule has 0 saturated carbocycles. The van der Waals surface area contributed by atoms with Gasteiger partial charge in [0.15, 0.2) is 0 Å². The van der Waals surface area contributed by atoms with Crippen LogP contribution in [0.25, 0.3) is 11.1 Å². The van der Waals surface area contributed by atoms with Gasteiger partial charge >= 0.3 is 5.97 Å². The van der Waals surface area contributed by atoms with Crippen molar-refractivity contribution in [1.82, 2.24) is 0 Å². The van der Waals surface area contributed by atoms with Crippen molar-refractivity contribution in [3.63, 3.8) is 0 Å². The first-order chi connectivity index (χ1) is 15.2. The Morgan fingerprint density at radius 3 is 2.44 bits per heavy atom. The van der Waals surface area contributed by atoms with Crippen LogP contribution in [0.3, 0.4) is 0 Å². The van der Waals surface area contributed by atoms with Gasteiger partial charge in [-0.25, -0.2) is 9.18 Å². The van der Waals surface area contributed by atoms with Crippen LogP contribution < -0.4 is 4.74 Å². The van der Waals surface area contributed by atoms with Crippen molar-refractivity contribution in [3.8, 4) is 5.75 Å². The topological polar surface area (TPSA) is 35.5 Å². The minimum Gasteiger partial charge on any atom is -0.493 e. The second-order valence-electron chi connectivity index (χ2n) is 8.65. The van der Waals surface area contributed by atoms with E-state index in [1.165, 1.54) is 28.9 Å². The molecule has 1 aromatic carbocycles. The lowest BCUT2D eigenvalue weighted by atomic mass is 9.72. The Labute approximate surface area is 192 Å². The summed E-state index contributed by atoms with van der Waals surface area (Å²) in [4.78, 5) is 11.6. The van der Waals surface area contributed by atoms with E-state index in [2.05, 4.69) is 39.0 Å². The molecule has 0 aliphatic heterocycles. The molecule has 0 aromatic heterocycles. The van der Waals surface area contributed by atoms with E-state index >= 15 is 4.39 Å². The standard InChI is InChI=1S/C28H37FO3/c1-8-20-14-15-28(6,7)24-18-26(31-10-3)23(17-22(20)24)21(9-2)25(29)13-12-19(5)16-27(30)32-11-4/h12-14,16-18H,8-11,15H2,1-7H3/b13-12+,19-16+,25-21+. The molecule has 0 radical (unpaired) electrons. The van der Waals surface area contributed by atoms with E-state index < -0.39 is 5.97 Å². The highest BCUT2D eigenvalue weighted by molar-refractivity contribution is 5.83. The minimum absolute atomic E-state index is 0.00191. The van der Waals surface area contributed by atoms with Crippen molar-refractivity contribution < 1.29 is 18.7 Å². The number of allylic oxidation sites excluding steroid dienone is 7. The van der Waals surface area contributed by atoms with Crippen molar-refractivity contribution in [2.75, 3.05) is 13.2 Å². The third-order valence-electron chi connectivity index (χ3n) is 5.83. The van der Waals surface area contributed by atoms with Crippen LogP contribution in [0.4, 0.5) is 4.39 Å². The summed E-state index contributed by atoms with van der Waals surface area (Å²) in [6.45, 7) is 14.8. The van der Waals surface area contributed by atoms with Crippen LogP contribution in [-0.4, -0.2) is 19.2 Å². The van der Waals surface area contributed by atoms with Gasteiger partial charge in [0, 0.05) is 11.6 Å². The highest BCUT2D eigenvalue weighted by atomic mass is 19.1. The van der Waals surface area contributed by atoms with Gasteiger partial charge in [0.1, 0.15) is 11.6 Å². The zero-order chi connectivity index (χ0) is 23.9. The molecule has 3 nitrogen and oxygen atoms in total. The lowest BCUT2D eigenvalue weighted by Crippen LogP contribution is -2.22. The van der Waals surface area contributed by atoms with Gasteiger partial charge in [-0.2, -0.15) is 0 Å². The van der Waals surface area contributed by atoms with E-state index in [-0.39, 0.29) is 11.2 Å². The van der Waals surface area contributed by atoms with Gasteiger partial charge in [0.2, 0.25) is 0 Å². The number of rotatable bonds is 9. The molecule has 0 fully saturated rings. The van der Waals surface area contributed by atoms with E-state index in [0.717, 1.165) is 24.2 Å². The summed E-state index contributed by atoms with van der Waals surface area (Å²) in [5.74, 6) is -0.0393. The molecule has 0 N–H and O–H groups in total. The Kier molecular flexibility index (Phi) is 9.06. The van der Waals surface area contributed by atoms with Gasteiger partial charge in [-0.05, 0) is 91.5 Å². The molecule has 32 heavy (non-hydrogen) atoms. The number of halogens is 1. The first kappa shape index (κ1) is 25.6. The fourth-order valence-corrected chi connectivity index (χ4v) is 4.06. The monoisotopic (exact) mass is 440 g/mol. The quantitative estimate of drug-likeness (QED) is 0.224. The molecule has 2 rings (SSSR count). The van der Waals surface area contributed by atoms with Crippen molar-refractivity contribution in [1.29, 1.82) is 0 Å². The molecule has 174 valence electrons. The average Bonchev–Trinajstić information content (AvgIpc) is 2.74. The maximum absolute atomic E-state index is 15.4. The third-order valence-corrected chi connectivity index (χ3v) is 5.83. The fraction of sp³-hybridized carbons (Fsp3) is 0.464. The number of benzene rings is 1. The lowest BCUT2D eigenvalue weighted by molar-refractivity contribution is -0.137. The predicted molar refractivity (Wildman–Crippen MR) is 131 cm³/mol. The molecule has 0 atom stereocenters.